The first-order chi connectivity index (χ1) is 13.3. The summed E-state index contributed by atoms with van der Waals surface area (Å²) in [5, 5.41) is 3.94. The van der Waals surface area contributed by atoms with Crippen molar-refractivity contribution >= 4 is 46.6 Å². The van der Waals surface area contributed by atoms with Gasteiger partial charge in [0.25, 0.3) is 5.91 Å². The van der Waals surface area contributed by atoms with Gasteiger partial charge < -0.3 is 15.0 Å². The van der Waals surface area contributed by atoms with E-state index in [0.29, 0.717) is 12.2 Å². The molecule has 1 heterocycles. The highest BCUT2D eigenvalue weighted by atomic mass is 32.2. The Kier molecular flexibility index (Phi) is 8.46. The van der Waals surface area contributed by atoms with Crippen LogP contribution in [0.15, 0.2) is 41.8 Å². The third-order valence-corrected chi connectivity index (χ3v) is 5.64. The fourth-order valence-corrected chi connectivity index (χ4v) is 3.52. The summed E-state index contributed by atoms with van der Waals surface area (Å²) in [6, 6.07) is 9.23. The number of benzene rings is 1. The van der Waals surface area contributed by atoms with Crippen LogP contribution in [0.4, 0.5) is 10.1 Å². The van der Waals surface area contributed by atoms with Crippen LogP contribution in [0.3, 0.4) is 0 Å². The van der Waals surface area contributed by atoms with Gasteiger partial charge in [-0.3, -0.25) is 14.4 Å². The van der Waals surface area contributed by atoms with Gasteiger partial charge in [0.05, 0.1) is 12.3 Å². The molecule has 0 saturated heterocycles. The van der Waals surface area contributed by atoms with Crippen LogP contribution < -0.4 is 5.32 Å². The highest BCUT2D eigenvalue weighted by molar-refractivity contribution is 8.01. The van der Waals surface area contributed by atoms with Gasteiger partial charge in [0.15, 0.2) is 6.61 Å². The lowest BCUT2D eigenvalue weighted by atomic mass is 10.3. The first-order valence-corrected chi connectivity index (χ1v) is 10.4. The van der Waals surface area contributed by atoms with Crippen molar-refractivity contribution in [2.75, 3.05) is 24.7 Å². The number of thioether (sulfide) groups is 1. The smallest absolute Gasteiger partial charge is 0.319 e. The monoisotopic (exact) mass is 424 g/mol. The van der Waals surface area contributed by atoms with E-state index in [-0.39, 0.29) is 30.0 Å². The lowest BCUT2D eigenvalue weighted by Gasteiger charge is -2.17. The van der Waals surface area contributed by atoms with Crippen LogP contribution in [-0.2, 0) is 25.7 Å². The van der Waals surface area contributed by atoms with Gasteiger partial charge in [-0.2, -0.15) is 0 Å². The van der Waals surface area contributed by atoms with Crippen molar-refractivity contribution in [3.8, 4) is 0 Å². The number of nitrogens with zero attached hydrogens (tertiary/aromatic N) is 1. The summed E-state index contributed by atoms with van der Waals surface area (Å²) in [7, 11) is 1.65. The maximum absolute atomic E-state index is 12.8. The lowest BCUT2D eigenvalue weighted by Crippen LogP contribution is -2.32. The largest absolute Gasteiger partial charge is 0.455 e. The average Bonchev–Trinajstić information content (AvgIpc) is 3.18. The summed E-state index contributed by atoms with van der Waals surface area (Å²) < 4.78 is 17.9. The molecular weight excluding hydrogens is 403 g/mol. The Labute approximate surface area is 171 Å². The number of thiophene rings is 1. The van der Waals surface area contributed by atoms with Crippen molar-refractivity contribution in [3.63, 3.8) is 0 Å². The van der Waals surface area contributed by atoms with Crippen molar-refractivity contribution < 1.29 is 23.5 Å². The number of likely N-dealkylation sites (N-methyl/N-ethyl adjacent to an activating group) is 1. The highest BCUT2D eigenvalue weighted by Gasteiger charge is 2.19. The molecule has 0 fully saturated rings. The second kappa shape index (κ2) is 10.8. The van der Waals surface area contributed by atoms with E-state index < -0.39 is 11.2 Å². The second-order valence-corrected chi connectivity index (χ2v) is 8.31. The Bertz CT molecular complexity index is 797. The number of halogens is 1. The fraction of sp³-hybridized carbons (Fsp3) is 0.316. The Balaban J connectivity index is 1.68. The van der Waals surface area contributed by atoms with E-state index in [2.05, 4.69) is 5.32 Å². The molecule has 0 aliphatic carbocycles. The molecule has 1 unspecified atom stereocenters. The third-order valence-electron chi connectivity index (χ3n) is 3.66. The molecule has 2 rings (SSSR count). The molecule has 0 spiro atoms. The zero-order valence-electron chi connectivity index (χ0n) is 15.5. The summed E-state index contributed by atoms with van der Waals surface area (Å²) >= 11 is 2.64. The van der Waals surface area contributed by atoms with Crippen molar-refractivity contribution in [2.45, 2.75) is 18.7 Å². The molecular formula is C19H21FN2O4S2. The van der Waals surface area contributed by atoms with Gasteiger partial charge in [0, 0.05) is 17.6 Å². The molecule has 0 aliphatic rings. The minimum atomic E-state index is -0.602. The van der Waals surface area contributed by atoms with E-state index in [1.54, 1.807) is 25.3 Å². The molecule has 1 atom stereocenters. The molecule has 2 aromatic rings. The van der Waals surface area contributed by atoms with Crippen LogP contribution in [0, 0.1) is 5.82 Å². The standard InChI is InChI=1S/C19H21FN2O4S2/c1-13(28-12-17(23)21-15-7-5-14(20)6-8-15)19(25)26-11-18(24)22(2)10-16-4-3-9-27-16/h3-9,13H,10-12H2,1-2H3,(H,21,23). The molecule has 9 heteroatoms. The molecule has 28 heavy (non-hydrogen) atoms. The van der Waals surface area contributed by atoms with Gasteiger partial charge in [-0.1, -0.05) is 6.07 Å². The molecule has 0 aliphatic heterocycles. The number of ether oxygens (including phenoxy) is 1. The Morgan fingerprint density at radius 3 is 2.61 bits per heavy atom. The van der Waals surface area contributed by atoms with Gasteiger partial charge in [-0.15, -0.1) is 23.1 Å². The van der Waals surface area contributed by atoms with E-state index in [0.717, 1.165) is 16.6 Å². The number of hydrogen-bond acceptors (Lipinski definition) is 6. The molecule has 1 aromatic carbocycles. The van der Waals surface area contributed by atoms with Crippen LogP contribution in [-0.4, -0.2) is 47.3 Å². The van der Waals surface area contributed by atoms with Gasteiger partial charge in [0.2, 0.25) is 5.91 Å². The van der Waals surface area contributed by atoms with Crippen LogP contribution in [0.2, 0.25) is 0 Å². The SMILES string of the molecule is CC(SCC(=O)Nc1ccc(F)cc1)C(=O)OCC(=O)N(C)Cc1cccs1. The predicted octanol–water partition coefficient (Wildman–Crippen LogP) is 3.15. The van der Waals surface area contributed by atoms with Gasteiger partial charge in [-0.25, -0.2) is 4.39 Å². The maximum Gasteiger partial charge on any atom is 0.319 e. The maximum atomic E-state index is 12.8. The van der Waals surface area contributed by atoms with E-state index >= 15 is 0 Å². The van der Waals surface area contributed by atoms with Gasteiger partial charge >= 0.3 is 5.97 Å². The number of rotatable bonds is 9. The van der Waals surface area contributed by atoms with Crippen LogP contribution >= 0.6 is 23.1 Å². The van der Waals surface area contributed by atoms with Crippen molar-refractivity contribution in [3.05, 3.63) is 52.5 Å². The van der Waals surface area contributed by atoms with E-state index in [1.807, 2.05) is 17.5 Å². The quantitative estimate of drug-likeness (QED) is 0.626. The van der Waals surface area contributed by atoms with E-state index in [1.165, 1.54) is 29.2 Å². The average molecular weight is 425 g/mol. The van der Waals surface area contributed by atoms with Crippen molar-refractivity contribution in [1.82, 2.24) is 4.90 Å². The van der Waals surface area contributed by atoms with E-state index in [4.69, 9.17) is 4.74 Å². The molecule has 150 valence electrons. The summed E-state index contributed by atoms with van der Waals surface area (Å²) in [5.41, 5.74) is 0.474. The van der Waals surface area contributed by atoms with Crippen LogP contribution in [0.1, 0.15) is 11.8 Å². The number of carbonyl (C=O) groups excluding carboxylic acids is 3. The highest BCUT2D eigenvalue weighted by Crippen LogP contribution is 2.15. The predicted molar refractivity (Wildman–Crippen MR) is 109 cm³/mol. The summed E-state index contributed by atoms with van der Waals surface area (Å²) in [6.45, 7) is 1.73. The first-order valence-electron chi connectivity index (χ1n) is 8.45. The number of amides is 2. The van der Waals surface area contributed by atoms with E-state index in [9.17, 15) is 18.8 Å². The van der Waals surface area contributed by atoms with Crippen molar-refractivity contribution in [2.24, 2.45) is 0 Å². The lowest BCUT2D eigenvalue weighted by molar-refractivity contribution is -0.151. The second-order valence-electron chi connectivity index (χ2n) is 5.95. The number of carbonyl (C=O) groups is 3. The molecule has 0 bridgehead atoms. The normalized spacial score (nSPS) is 11.5. The van der Waals surface area contributed by atoms with Crippen molar-refractivity contribution in [1.29, 1.82) is 0 Å². The zero-order valence-corrected chi connectivity index (χ0v) is 17.1. The van der Waals surface area contributed by atoms with Gasteiger partial charge in [0.1, 0.15) is 11.1 Å². The Morgan fingerprint density at radius 2 is 1.96 bits per heavy atom. The molecule has 1 aromatic heterocycles. The number of nitrogens with one attached hydrogen (secondary N) is 1. The van der Waals surface area contributed by atoms with Gasteiger partial charge in [-0.05, 0) is 42.6 Å². The zero-order chi connectivity index (χ0) is 20.5. The topological polar surface area (TPSA) is 75.7 Å². The Hall–Kier alpha value is -2.39. The molecule has 1 N–H and O–H groups in total. The summed E-state index contributed by atoms with van der Waals surface area (Å²) in [4.78, 5) is 38.5. The van der Waals surface area contributed by atoms with Crippen LogP contribution in [0.5, 0.6) is 0 Å². The minimum absolute atomic E-state index is 0.0276. The molecule has 0 radical (unpaired) electrons. The minimum Gasteiger partial charge on any atom is -0.455 e. The summed E-state index contributed by atoms with van der Waals surface area (Å²) in [6.07, 6.45) is 0. The number of esters is 1. The Morgan fingerprint density at radius 1 is 1.25 bits per heavy atom. The molecule has 2 amide bonds. The molecule has 0 saturated carbocycles. The van der Waals surface area contributed by atoms with Crippen LogP contribution in [0.25, 0.3) is 0 Å². The number of anilines is 1. The first kappa shape index (κ1) is 21.9. The molecule has 6 nitrogen and oxygen atoms in total. The third kappa shape index (κ3) is 7.32. The number of hydrogen-bond donors (Lipinski definition) is 1. The summed E-state index contributed by atoms with van der Waals surface area (Å²) in [5.74, 6) is -1.53. The fourth-order valence-electron chi connectivity index (χ4n) is 2.08.